The Hall–Kier alpha value is -4.20. The Labute approximate surface area is 183 Å². The van der Waals surface area contributed by atoms with Crippen LogP contribution in [-0.4, -0.2) is 27.8 Å². The molecule has 2 aromatic heterocycles. The number of nitrogens with zero attached hydrogens (tertiary/aromatic N) is 2. The van der Waals surface area contributed by atoms with Crippen LogP contribution in [0, 0.1) is 6.92 Å². The first-order valence-corrected chi connectivity index (χ1v) is 10.3. The van der Waals surface area contributed by atoms with E-state index in [9.17, 15) is 4.79 Å². The molecule has 0 spiro atoms. The number of anilines is 1. The van der Waals surface area contributed by atoms with Gasteiger partial charge in [-0.2, -0.15) is 5.10 Å². The summed E-state index contributed by atoms with van der Waals surface area (Å²) in [4.78, 5) is 15.4. The molecular weight excluding hydrogens is 408 g/mol. The molecule has 4 aromatic rings. The summed E-state index contributed by atoms with van der Waals surface area (Å²) in [6, 6.07) is 17.1. The fraction of sp³-hybridized carbons (Fsp3) is 0.167. The minimum Gasteiger partial charge on any atom is -0.460 e. The number of fused-ring (bicyclic) bond motifs is 2. The third-order valence-corrected chi connectivity index (χ3v) is 5.76. The van der Waals surface area contributed by atoms with Crippen molar-refractivity contribution in [3.8, 4) is 23.0 Å². The fourth-order valence-corrected chi connectivity index (χ4v) is 4.21. The smallest absolute Gasteiger partial charge is 0.258 e. The number of ether oxygens (including phenoxy) is 2. The number of aromatic amines is 1. The maximum atomic E-state index is 13.6. The Morgan fingerprint density at radius 1 is 1.09 bits per heavy atom. The van der Waals surface area contributed by atoms with Crippen molar-refractivity contribution in [2.75, 3.05) is 12.1 Å². The molecule has 0 radical (unpaired) electrons. The van der Waals surface area contributed by atoms with Crippen LogP contribution in [-0.2, 0) is 6.54 Å². The van der Waals surface area contributed by atoms with E-state index in [0.717, 1.165) is 28.3 Å². The number of para-hydroxylation sites is 1. The maximum absolute atomic E-state index is 13.6. The molecule has 0 aliphatic carbocycles. The predicted molar refractivity (Wildman–Crippen MR) is 116 cm³/mol. The number of nitrogens with one attached hydrogen (secondary N) is 2. The van der Waals surface area contributed by atoms with Crippen molar-refractivity contribution in [1.82, 2.24) is 15.1 Å². The van der Waals surface area contributed by atoms with Crippen LogP contribution in [0.3, 0.4) is 0 Å². The Morgan fingerprint density at radius 2 is 1.97 bits per heavy atom. The normalized spacial score (nSPS) is 16.7. The van der Waals surface area contributed by atoms with E-state index in [-0.39, 0.29) is 12.7 Å². The SMILES string of the molecule is Cc1ccc(-c2[nH]ncc2[C@@H]2Nc3ccccc3C(=O)N2Cc2ccc3c(c2)OCO3)o1. The van der Waals surface area contributed by atoms with Crippen LogP contribution in [0.25, 0.3) is 11.5 Å². The van der Waals surface area contributed by atoms with E-state index in [1.54, 1.807) is 11.1 Å². The molecule has 0 bridgehead atoms. The van der Waals surface area contributed by atoms with Gasteiger partial charge in [-0.25, -0.2) is 0 Å². The quantitative estimate of drug-likeness (QED) is 0.498. The van der Waals surface area contributed by atoms with Gasteiger partial charge in [0.25, 0.3) is 5.91 Å². The van der Waals surface area contributed by atoms with Crippen molar-refractivity contribution in [1.29, 1.82) is 0 Å². The first-order valence-electron chi connectivity index (χ1n) is 10.3. The number of benzene rings is 2. The average Bonchev–Trinajstić information content (AvgIpc) is 3.55. The van der Waals surface area contributed by atoms with E-state index >= 15 is 0 Å². The van der Waals surface area contributed by atoms with E-state index in [1.165, 1.54) is 0 Å². The Kier molecular flexibility index (Phi) is 4.17. The van der Waals surface area contributed by atoms with Gasteiger partial charge in [0.2, 0.25) is 6.79 Å². The van der Waals surface area contributed by atoms with Crippen molar-refractivity contribution in [3.63, 3.8) is 0 Å². The fourth-order valence-electron chi connectivity index (χ4n) is 4.21. The minimum absolute atomic E-state index is 0.0650. The lowest BCUT2D eigenvalue weighted by atomic mass is 10.0. The van der Waals surface area contributed by atoms with Crippen molar-refractivity contribution >= 4 is 11.6 Å². The molecule has 2 aromatic carbocycles. The molecule has 1 atom stereocenters. The van der Waals surface area contributed by atoms with Gasteiger partial charge in [0.15, 0.2) is 17.3 Å². The largest absolute Gasteiger partial charge is 0.460 e. The average molecular weight is 428 g/mol. The highest BCUT2D eigenvalue weighted by atomic mass is 16.7. The molecule has 0 saturated carbocycles. The molecule has 2 N–H and O–H groups in total. The van der Waals surface area contributed by atoms with Crippen molar-refractivity contribution in [2.24, 2.45) is 0 Å². The Bertz CT molecular complexity index is 1330. The lowest BCUT2D eigenvalue weighted by Gasteiger charge is -2.38. The maximum Gasteiger partial charge on any atom is 0.258 e. The van der Waals surface area contributed by atoms with Crippen LogP contribution in [0.5, 0.6) is 11.5 Å². The van der Waals surface area contributed by atoms with E-state index in [4.69, 9.17) is 13.9 Å². The van der Waals surface area contributed by atoms with E-state index in [1.807, 2.05) is 61.5 Å². The van der Waals surface area contributed by atoms with Crippen LogP contribution in [0.2, 0.25) is 0 Å². The molecule has 160 valence electrons. The second-order valence-corrected chi connectivity index (χ2v) is 7.82. The number of carbonyl (C=O) groups excluding carboxylic acids is 1. The number of hydrogen-bond acceptors (Lipinski definition) is 6. The van der Waals surface area contributed by atoms with E-state index in [2.05, 4.69) is 15.5 Å². The highest BCUT2D eigenvalue weighted by molar-refractivity contribution is 6.01. The summed E-state index contributed by atoms with van der Waals surface area (Å²) in [5.41, 5.74) is 3.91. The molecule has 8 nitrogen and oxygen atoms in total. The molecular formula is C24H20N4O4. The molecule has 1 amide bonds. The summed E-state index contributed by atoms with van der Waals surface area (Å²) in [5, 5.41) is 10.8. The van der Waals surface area contributed by atoms with Gasteiger partial charge in [-0.1, -0.05) is 18.2 Å². The summed E-state index contributed by atoms with van der Waals surface area (Å²) in [6.07, 6.45) is 1.29. The first kappa shape index (κ1) is 18.6. The van der Waals surface area contributed by atoms with E-state index in [0.29, 0.717) is 29.4 Å². The Morgan fingerprint density at radius 3 is 2.84 bits per heavy atom. The van der Waals surface area contributed by atoms with Crippen LogP contribution >= 0.6 is 0 Å². The van der Waals surface area contributed by atoms with E-state index < -0.39 is 6.17 Å². The summed E-state index contributed by atoms with van der Waals surface area (Å²) >= 11 is 0. The highest BCUT2D eigenvalue weighted by Crippen LogP contribution is 2.39. The van der Waals surface area contributed by atoms with Gasteiger partial charge in [0.05, 0.1) is 11.8 Å². The van der Waals surface area contributed by atoms with Gasteiger partial charge in [0, 0.05) is 17.8 Å². The number of H-pyrrole nitrogens is 1. The van der Waals surface area contributed by atoms with Crippen LogP contribution in [0.4, 0.5) is 5.69 Å². The molecule has 6 rings (SSSR count). The van der Waals surface area contributed by atoms with Crippen LogP contribution < -0.4 is 14.8 Å². The van der Waals surface area contributed by atoms with Crippen LogP contribution in [0.15, 0.2) is 65.2 Å². The lowest BCUT2D eigenvalue weighted by Crippen LogP contribution is -2.42. The highest BCUT2D eigenvalue weighted by Gasteiger charge is 2.35. The number of aryl methyl sites for hydroxylation is 1. The number of carbonyl (C=O) groups is 1. The monoisotopic (exact) mass is 428 g/mol. The van der Waals surface area contributed by atoms with Gasteiger partial charge in [-0.05, 0) is 48.9 Å². The van der Waals surface area contributed by atoms with Gasteiger partial charge in [-0.3, -0.25) is 9.89 Å². The molecule has 2 aliphatic heterocycles. The van der Waals surface area contributed by atoms with Crippen molar-refractivity contribution in [2.45, 2.75) is 19.6 Å². The molecule has 0 unspecified atom stereocenters. The van der Waals surface area contributed by atoms with Gasteiger partial charge < -0.3 is 24.1 Å². The standard InChI is InChI=1S/C24H20N4O4/c1-14-6-8-20(32-14)22-17(11-25-27-22)23-26-18-5-3-2-4-16(18)24(29)28(23)12-15-7-9-19-21(10-15)31-13-30-19/h2-11,23,26H,12-13H2,1H3,(H,25,27)/t23-/m1/s1. The predicted octanol–water partition coefficient (Wildman–Crippen LogP) is 4.47. The van der Waals surface area contributed by atoms with Gasteiger partial charge in [0.1, 0.15) is 17.6 Å². The molecule has 8 heteroatoms. The zero-order chi connectivity index (χ0) is 21.7. The lowest BCUT2D eigenvalue weighted by molar-refractivity contribution is 0.0667. The summed E-state index contributed by atoms with van der Waals surface area (Å²) < 4.78 is 16.8. The topological polar surface area (TPSA) is 92.6 Å². The zero-order valence-electron chi connectivity index (χ0n) is 17.3. The summed E-state index contributed by atoms with van der Waals surface area (Å²) in [6.45, 7) is 2.48. The Balaban J connectivity index is 1.42. The zero-order valence-corrected chi connectivity index (χ0v) is 17.3. The number of rotatable bonds is 4. The number of furan rings is 1. The number of hydrogen-bond donors (Lipinski definition) is 2. The third-order valence-electron chi connectivity index (χ3n) is 5.76. The second kappa shape index (κ2) is 7.19. The van der Waals surface area contributed by atoms with Crippen LogP contribution in [0.1, 0.15) is 33.4 Å². The molecule has 0 fully saturated rings. The molecule has 32 heavy (non-hydrogen) atoms. The minimum atomic E-state index is -0.443. The van der Waals surface area contributed by atoms with Crippen molar-refractivity contribution in [3.05, 3.63) is 83.2 Å². The second-order valence-electron chi connectivity index (χ2n) is 7.82. The summed E-state index contributed by atoms with van der Waals surface area (Å²) in [5.74, 6) is 2.81. The number of aromatic nitrogens is 2. The molecule has 2 aliphatic rings. The molecule has 0 saturated heterocycles. The molecule has 4 heterocycles. The number of amides is 1. The van der Waals surface area contributed by atoms with Crippen molar-refractivity contribution < 1.29 is 18.7 Å². The van der Waals surface area contributed by atoms with Gasteiger partial charge >= 0.3 is 0 Å². The van der Waals surface area contributed by atoms with Gasteiger partial charge in [-0.15, -0.1) is 0 Å². The third kappa shape index (κ3) is 2.99. The first-order chi connectivity index (χ1) is 15.7. The summed E-state index contributed by atoms with van der Waals surface area (Å²) in [7, 11) is 0.